The third kappa shape index (κ3) is 4.37. The average Bonchev–Trinajstić information content (AvgIpc) is 3.23. The Morgan fingerprint density at radius 3 is 2.03 bits per heavy atom. The molecule has 0 bridgehead atoms. The molecule has 3 rings (SSSR count). The van der Waals surface area contributed by atoms with Gasteiger partial charge in [-0.2, -0.15) is 0 Å². The molecule has 166 valence electrons. The van der Waals surface area contributed by atoms with Crippen LogP contribution in [0, 0.1) is 0 Å². The molecule has 1 atom stereocenters. The smallest absolute Gasteiger partial charge is 0.203 e. The third-order valence-corrected chi connectivity index (χ3v) is 5.60. The normalized spacial score (nSPS) is 17.0. The van der Waals surface area contributed by atoms with Gasteiger partial charge in [0.25, 0.3) is 0 Å². The van der Waals surface area contributed by atoms with E-state index in [1.165, 1.54) is 0 Å². The number of rotatable bonds is 7. The van der Waals surface area contributed by atoms with Gasteiger partial charge in [-0.3, -0.25) is 4.90 Å². The minimum Gasteiger partial charge on any atom is -0.493 e. The van der Waals surface area contributed by atoms with Crippen LogP contribution in [-0.4, -0.2) is 84.1 Å². The number of aromatic nitrogens is 4. The second kappa shape index (κ2) is 9.18. The Labute approximate surface area is 178 Å². The predicted octanol–water partition coefficient (Wildman–Crippen LogP) is 2.18. The van der Waals surface area contributed by atoms with E-state index in [9.17, 15) is 0 Å². The van der Waals surface area contributed by atoms with Gasteiger partial charge >= 0.3 is 0 Å². The van der Waals surface area contributed by atoms with E-state index in [0.29, 0.717) is 17.2 Å². The average molecular weight is 419 g/mol. The molecular formula is C21H34N6O3. The fourth-order valence-electron chi connectivity index (χ4n) is 3.96. The monoisotopic (exact) mass is 418 g/mol. The van der Waals surface area contributed by atoms with E-state index in [4.69, 9.17) is 14.2 Å². The highest BCUT2D eigenvalue weighted by Crippen LogP contribution is 2.42. The molecule has 9 heteroatoms. The first kappa shape index (κ1) is 22.3. The Balaban J connectivity index is 2.13. The van der Waals surface area contributed by atoms with Crippen molar-refractivity contribution in [2.75, 3.05) is 54.1 Å². The quantitative estimate of drug-likeness (QED) is 0.677. The van der Waals surface area contributed by atoms with Gasteiger partial charge in [0.2, 0.25) is 5.75 Å². The van der Waals surface area contributed by atoms with Crippen molar-refractivity contribution < 1.29 is 14.2 Å². The van der Waals surface area contributed by atoms with Crippen LogP contribution in [0.3, 0.4) is 0 Å². The zero-order valence-corrected chi connectivity index (χ0v) is 19.2. The second-order valence-electron chi connectivity index (χ2n) is 8.45. The molecule has 1 fully saturated rings. The topological polar surface area (TPSA) is 77.8 Å². The number of tetrazole rings is 1. The van der Waals surface area contributed by atoms with E-state index in [-0.39, 0.29) is 11.6 Å². The van der Waals surface area contributed by atoms with E-state index in [1.54, 1.807) is 21.3 Å². The minimum atomic E-state index is -0.247. The van der Waals surface area contributed by atoms with Crippen LogP contribution in [0.5, 0.6) is 17.2 Å². The minimum absolute atomic E-state index is 0.132. The first-order valence-corrected chi connectivity index (χ1v) is 10.4. The highest BCUT2D eigenvalue weighted by atomic mass is 16.5. The van der Waals surface area contributed by atoms with E-state index < -0.39 is 0 Å². The molecule has 0 amide bonds. The second-order valence-corrected chi connectivity index (χ2v) is 8.45. The van der Waals surface area contributed by atoms with Crippen molar-refractivity contribution in [3.05, 3.63) is 23.5 Å². The lowest BCUT2D eigenvalue weighted by molar-refractivity contribution is 0.106. The molecule has 1 aromatic heterocycles. The highest BCUT2D eigenvalue weighted by Gasteiger charge is 2.34. The molecule has 0 radical (unpaired) electrons. The summed E-state index contributed by atoms with van der Waals surface area (Å²) in [5, 5.41) is 12.8. The van der Waals surface area contributed by atoms with Gasteiger partial charge in [0.1, 0.15) is 0 Å². The molecule has 0 N–H and O–H groups in total. The van der Waals surface area contributed by atoms with Gasteiger partial charge in [0.05, 0.1) is 32.9 Å². The van der Waals surface area contributed by atoms with Crippen molar-refractivity contribution in [1.82, 2.24) is 30.0 Å². The van der Waals surface area contributed by atoms with Gasteiger partial charge in [0.15, 0.2) is 17.3 Å². The molecule has 2 aromatic rings. The zero-order chi connectivity index (χ0) is 21.9. The lowest BCUT2D eigenvalue weighted by atomic mass is 10.0. The summed E-state index contributed by atoms with van der Waals surface area (Å²) in [5.41, 5.74) is 0.762. The Kier molecular flexibility index (Phi) is 6.82. The van der Waals surface area contributed by atoms with Crippen LogP contribution in [0.25, 0.3) is 0 Å². The molecule has 1 aliphatic rings. The van der Waals surface area contributed by atoms with Crippen molar-refractivity contribution in [1.29, 1.82) is 0 Å². The van der Waals surface area contributed by atoms with Gasteiger partial charge in [-0.05, 0) is 55.4 Å². The maximum atomic E-state index is 5.62. The van der Waals surface area contributed by atoms with Crippen LogP contribution in [0.2, 0.25) is 0 Å². The molecule has 1 saturated heterocycles. The number of hydrogen-bond acceptors (Lipinski definition) is 8. The number of piperazine rings is 1. The van der Waals surface area contributed by atoms with Crippen molar-refractivity contribution in [2.45, 2.75) is 39.3 Å². The summed E-state index contributed by atoms with van der Waals surface area (Å²) in [6.45, 7) is 13.4. The predicted molar refractivity (Wildman–Crippen MR) is 114 cm³/mol. The molecule has 0 aliphatic carbocycles. The number of methoxy groups -OCH3 is 3. The number of ether oxygens (including phenoxy) is 3. The summed E-state index contributed by atoms with van der Waals surface area (Å²) in [6, 6.07) is 3.87. The van der Waals surface area contributed by atoms with Crippen LogP contribution in [0.15, 0.2) is 12.1 Å². The number of benzene rings is 1. The lowest BCUT2D eigenvalue weighted by Crippen LogP contribution is -2.48. The Morgan fingerprint density at radius 2 is 1.57 bits per heavy atom. The van der Waals surface area contributed by atoms with E-state index in [0.717, 1.165) is 44.1 Å². The van der Waals surface area contributed by atoms with E-state index in [2.05, 4.69) is 53.0 Å². The van der Waals surface area contributed by atoms with E-state index in [1.807, 2.05) is 16.8 Å². The van der Waals surface area contributed by atoms with Crippen LogP contribution < -0.4 is 14.2 Å². The molecule has 0 unspecified atom stereocenters. The van der Waals surface area contributed by atoms with Crippen LogP contribution in [-0.2, 0) is 5.54 Å². The molecule has 9 nitrogen and oxygen atoms in total. The third-order valence-electron chi connectivity index (χ3n) is 5.60. The summed E-state index contributed by atoms with van der Waals surface area (Å²) < 4.78 is 18.7. The van der Waals surface area contributed by atoms with Crippen molar-refractivity contribution >= 4 is 0 Å². The number of nitrogens with zero attached hydrogens (tertiary/aromatic N) is 6. The largest absolute Gasteiger partial charge is 0.493 e. The summed E-state index contributed by atoms with van der Waals surface area (Å²) >= 11 is 0. The molecule has 0 spiro atoms. The van der Waals surface area contributed by atoms with Gasteiger partial charge in [-0.15, -0.1) is 5.10 Å². The number of hydrogen-bond donors (Lipinski definition) is 0. The first-order valence-electron chi connectivity index (χ1n) is 10.4. The van der Waals surface area contributed by atoms with Gasteiger partial charge in [-0.1, -0.05) is 6.92 Å². The van der Waals surface area contributed by atoms with Crippen molar-refractivity contribution in [2.24, 2.45) is 0 Å². The molecule has 30 heavy (non-hydrogen) atoms. The SMILES string of the molecule is CCN1CCN([C@H](c2cc(OC)c(OC)c(OC)c2)c2nnnn2C(C)(C)C)CC1. The van der Waals surface area contributed by atoms with Crippen LogP contribution in [0.1, 0.15) is 45.1 Å². The Bertz CT molecular complexity index is 815. The van der Waals surface area contributed by atoms with Gasteiger partial charge < -0.3 is 19.1 Å². The summed E-state index contributed by atoms with van der Waals surface area (Å²) in [7, 11) is 4.88. The maximum Gasteiger partial charge on any atom is 0.203 e. The molecule has 0 saturated carbocycles. The molecule has 1 aliphatic heterocycles. The molecule has 1 aromatic carbocycles. The molecular weight excluding hydrogens is 384 g/mol. The Hall–Kier alpha value is -2.39. The fourth-order valence-corrected chi connectivity index (χ4v) is 3.96. The van der Waals surface area contributed by atoms with Gasteiger partial charge in [-0.25, -0.2) is 4.68 Å². The summed E-state index contributed by atoms with van der Waals surface area (Å²) in [4.78, 5) is 4.89. The molecule has 2 heterocycles. The van der Waals surface area contributed by atoms with Gasteiger partial charge in [0, 0.05) is 26.2 Å². The Morgan fingerprint density at radius 1 is 0.967 bits per heavy atom. The maximum absolute atomic E-state index is 5.62. The summed E-state index contributed by atoms with van der Waals surface area (Å²) in [6.07, 6.45) is 0. The fraction of sp³-hybridized carbons (Fsp3) is 0.667. The highest BCUT2D eigenvalue weighted by molar-refractivity contribution is 5.55. The first-order chi connectivity index (χ1) is 14.3. The van der Waals surface area contributed by atoms with Crippen molar-refractivity contribution in [3.8, 4) is 17.2 Å². The zero-order valence-electron chi connectivity index (χ0n) is 19.2. The number of likely N-dealkylation sites (N-methyl/N-ethyl adjacent to an activating group) is 1. The summed E-state index contributed by atoms with van der Waals surface area (Å²) in [5.74, 6) is 2.63. The standard InChI is InChI=1S/C21H34N6O3/c1-8-25-9-11-26(12-10-25)18(20-22-23-24-27(20)21(2,3)4)15-13-16(28-5)19(30-7)17(14-15)29-6/h13-14,18H,8-12H2,1-7H3/t18-/m1/s1. The van der Waals surface area contributed by atoms with E-state index >= 15 is 0 Å². The van der Waals surface area contributed by atoms with Crippen molar-refractivity contribution in [3.63, 3.8) is 0 Å². The van der Waals surface area contributed by atoms with Crippen LogP contribution in [0.4, 0.5) is 0 Å². The lowest BCUT2D eigenvalue weighted by Gasteiger charge is -2.39. The van der Waals surface area contributed by atoms with Crippen LogP contribution >= 0.6 is 0 Å².